The smallest absolute Gasteiger partial charge is 1.00 e. The average molecular weight is 272 g/mol. The largest absolute Gasteiger partial charge is 1.00 e. The van der Waals surface area contributed by atoms with E-state index in [4.69, 9.17) is 4.18 Å². The van der Waals surface area contributed by atoms with Crippen LogP contribution in [0.5, 0.6) is 0 Å². The Kier molecular flexibility index (Phi) is 6.05. The van der Waals surface area contributed by atoms with E-state index in [0.29, 0.717) is 0 Å². The van der Waals surface area contributed by atoms with Crippen LogP contribution in [0.15, 0.2) is 65.6 Å². The van der Waals surface area contributed by atoms with Gasteiger partial charge in [-0.25, -0.2) is 0 Å². The minimum absolute atomic E-state index is 0. The third-order valence-electron chi connectivity index (χ3n) is 2.26. The first-order chi connectivity index (χ1) is 8.18. The van der Waals surface area contributed by atoms with Crippen molar-refractivity contribution < 1.29 is 43.6 Å². The molecule has 0 N–H and O–H groups in total. The van der Waals surface area contributed by atoms with Crippen LogP contribution < -0.4 is 29.6 Å². The van der Waals surface area contributed by atoms with Crippen molar-refractivity contribution in [1.29, 1.82) is 0 Å². The molecule has 5 heteroatoms. The number of rotatable bonds is 4. The van der Waals surface area contributed by atoms with Gasteiger partial charge in [-0.05, 0) is 17.7 Å². The molecule has 0 saturated heterocycles. The Bertz CT molecular complexity index is 573. The summed E-state index contributed by atoms with van der Waals surface area (Å²) in [5.41, 5.74) is 0.826. The molecule has 0 aromatic heterocycles. The van der Waals surface area contributed by atoms with Crippen LogP contribution in [0.1, 0.15) is 6.99 Å². The fraction of sp³-hybridized carbons (Fsp3) is 0.0769. The molecule has 90 valence electrons. The van der Waals surface area contributed by atoms with E-state index in [9.17, 15) is 8.42 Å². The summed E-state index contributed by atoms with van der Waals surface area (Å²) in [6.07, 6.45) is 0. The van der Waals surface area contributed by atoms with Crippen LogP contribution in [0.4, 0.5) is 0 Å². The second-order valence-electron chi connectivity index (χ2n) is 3.51. The van der Waals surface area contributed by atoms with E-state index in [0.717, 1.165) is 5.56 Å². The van der Waals surface area contributed by atoms with E-state index in [2.05, 4.69) is 0 Å². The van der Waals surface area contributed by atoms with Gasteiger partial charge in [-0.1, -0.05) is 48.5 Å². The Morgan fingerprint density at radius 2 is 1.39 bits per heavy atom. The molecular formula is C13H13NaO3S. The second-order valence-corrected chi connectivity index (χ2v) is 5.13. The standard InChI is InChI=1S/C13H12O3S.Na.H/c14-17(15,13-9-5-2-6-10-13)16-11-12-7-3-1-4-8-12;;/h1-10H,11H2;;/q;+1;-1. The maximum atomic E-state index is 11.8. The fourth-order valence-corrected chi connectivity index (χ4v) is 2.29. The van der Waals surface area contributed by atoms with Crippen molar-refractivity contribution in [2.45, 2.75) is 11.5 Å². The Labute approximate surface area is 131 Å². The summed E-state index contributed by atoms with van der Waals surface area (Å²) in [6.45, 7) is 0.0536. The van der Waals surface area contributed by atoms with Gasteiger partial charge in [0.1, 0.15) is 0 Å². The van der Waals surface area contributed by atoms with E-state index in [-0.39, 0.29) is 42.5 Å². The summed E-state index contributed by atoms with van der Waals surface area (Å²) in [5.74, 6) is 0. The summed E-state index contributed by atoms with van der Waals surface area (Å²) < 4.78 is 28.5. The maximum Gasteiger partial charge on any atom is 1.00 e. The quantitative estimate of drug-likeness (QED) is 0.567. The van der Waals surface area contributed by atoms with E-state index >= 15 is 0 Å². The van der Waals surface area contributed by atoms with Crippen molar-refractivity contribution in [2.75, 3.05) is 0 Å². The van der Waals surface area contributed by atoms with Gasteiger partial charge in [0.2, 0.25) is 0 Å². The molecule has 0 radical (unpaired) electrons. The molecule has 18 heavy (non-hydrogen) atoms. The van der Waals surface area contributed by atoms with Gasteiger partial charge in [0.05, 0.1) is 11.5 Å². The van der Waals surface area contributed by atoms with Crippen LogP contribution >= 0.6 is 0 Å². The van der Waals surface area contributed by atoms with Crippen LogP contribution in [0.2, 0.25) is 0 Å². The van der Waals surface area contributed by atoms with E-state index < -0.39 is 10.1 Å². The van der Waals surface area contributed by atoms with Crippen LogP contribution in [0.25, 0.3) is 0 Å². The third kappa shape index (κ3) is 4.23. The molecule has 2 rings (SSSR count). The summed E-state index contributed by atoms with van der Waals surface area (Å²) >= 11 is 0. The monoisotopic (exact) mass is 272 g/mol. The number of benzene rings is 2. The molecule has 2 aromatic carbocycles. The first-order valence-corrected chi connectivity index (χ1v) is 6.58. The van der Waals surface area contributed by atoms with Gasteiger partial charge < -0.3 is 1.43 Å². The summed E-state index contributed by atoms with van der Waals surface area (Å²) in [4.78, 5) is 0.177. The predicted octanol–water partition coefficient (Wildman–Crippen LogP) is -0.291. The van der Waals surface area contributed by atoms with Crippen molar-refractivity contribution in [3.05, 3.63) is 66.2 Å². The van der Waals surface area contributed by atoms with Crippen molar-refractivity contribution in [1.82, 2.24) is 0 Å². The van der Waals surface area contributed by atoms with Gasteiger partial charge in [0.25, 0.3) is 10.1 Å². The zero-order chi connectivity index (χ0) is 12.1. The molecule has 0 fully saturated rings. The van der Waals surface area contributed by atoms with Crippen LogP contribution in [0.3, 0.4) is 0 Å². The summed E-state index contributed by atoms with van der Waals surface area (Å²) in [5, 5.41) is 0. The van der Waals surface area contributed by atoms with E-state index in [1.54, 1.807) is 18.2 Å². The predicted molar refractivity (Wildman–Crippen MR) is 66.0 cm³/mol. The van der Waals surface area contributed by atoms with Crippen LogP contribution in [0, 0.1) is 0 Å². The average Bonchev–Trinajstić information content (AvgIpc) is 2.39. The van der Waals surface area contributed by atoms with Crippen molar-refractivity contribution in [3.8, 4) is 0 Å². The van der Waals surface area contributed by atoms with Gasteiger partial charge >= 0.3 is 29.6 Å². The van der Waals surface area contributed by atoms with Crippen molar-refractivity contribution in [2.24, 2.45) is 0 Å². The fourth-order valence-electron chi connectivity index (χ4n) is 1.38. The zero-order valence-electron chi connectivity index (χ0n) is 11.1. The Hall–Kier alpha value is -0.650. The topological polar surface area (TPSA) is 43.4 Å². The minimum atomic E-state index is -3.66. The molecule has 0 aliphatic carbocycles. The first kappa shape index (κ1) is 15.4. The number of hydrogen-bond donors (Lipinski definition) is 0. The summed E-state index contributed by atoms with van der Waals surface area (Å²) in [6, 6.07) is 17.3. The molecule has 0 heterocycles. The molecule has 0 atom stereocenters. The molecule has 0 aliphatic rings. The van der Waals surface area contributed by atoms with Crippen molar-refractivity contribution in [3.63, 3.8) is 0 Å². The molecule has 3 nitrogen and oxygen atoms in total. The van der Waals surface area contributed by atoms with E-state index in [1.807, 2.05) is 30.3 Å². The minimum Gasteiger partial charge on any atom is -1.00 e. The Morgan fingerprint density at radius 1 is 0.889 bits per heavy atom. The normalized spacial score (nSPS) is 10.7. The van der Waals surface area contributed by atoms with Crippen molar-refractivity contribution >= 4 is 10.1 Å². The van der Waals surface area contributed by atoms with Crippen LogP contribution in [-0.4, -0.2) is 8.42 Å². The van der Waals surface area contributed by atoms with Gasteiger partial charge in [0, 0.05) is 0 Å². The van der Waals surface area contributed by atoms with Gasteiger partial charge in [-0.15, -0.1) is 0 Å². The maximum absolute atomic E-state index is 11.8. The second kappa shape index (κ2) is 7.07. The molecule has 0 saturated carbocycles. The molecule has 0 amide bonds. The van der Waals surface area contributed by atoms with Gasteiger partial charge in [-0.2, -0.15) is 8.42 Å². The molecule has 0 spiro atoms. The molecule has 0 bridgehead atoms. The van der Waals surface area contributed by atoms with Gasteiger partial charge in [-0.3, -0.25) is 4.18 Å². The van der Waals surface area contributed by atoms with Gasteiger partial charge in [0.15, 0.2) is 0 Å². The molecular weight excluding hydrogens is 259 g/mol. The Morgan fingerprint density at radius 3 is 1.94 bits per heavy atom. The molecule has 2 aromatic rings. The van der Waals surface area contributed by atoms with E-state index in [1.165, 1.54) is 12.1 Å². The summed E-state index contributed by atoms with van der Waals surface area (Å²) in [7, 11) is -3.66. The Balaban J connectivity index is 0.00000162. The third-order valence-corrected chi connectivity index (χ3v) is 3.53. The first-order valence-electron chi connectivity index (χ1n) is 5.17. The molecule has 0 unspecified atom stereocenters. The number of hydrogen-bond acceptors (Lipinski definition) is 3. The SMILES string of the molecule is O=S(=O)(OCc1ccccc1)c1ccccc1.[H-].[Na+]. The molecule has 0 aliphatic heterocycles. The zero-order valence-corrected chi connectivity index (χ0v) is 12.9. The van der Waals surface area contributed by atoms with Crippen LogP contribution in [-0.2, 0) is 20.9 Å².